The molecule has 0 heterocycles. The highest BCUT2D eigenvalue weighted by Gasteiger charge is 2.16. The van der Waals surface area contributed by atoms with Gasteiger partial charge >= 0.3 is 5.97 Å². The van der Waals surface area contributed by atoms with Crippen LogP contribution < -0.4 is 0 Å². The van der Waals surface area contributed by atoms with Crippen molar-refractivity contribution >= 4 is 83.3 Å². The number of alkyl halides is 3. The molecule has 0 atom stereocenters. The van der Waals surface area contributed by atoms with Gasteiger partial charge in [-0.25, -0.2) is 4.79 Å². The van der Waals surface area contributed by atoms with Gasteiger partial charge in [0.25, 0.3) is 0 Å². The van der Waals surface area contributed by atoms with E-state index in [-0.39, 0.29) is 15.5 Å². The quantitative estimate of drug-likeness (QED) is 0.0602. The number of esters is 1. The summed E-state index contributed by atoms with van der Waals surface area (Å²) in [5, 5.41) is 0. The summed E-state index contributed by atoms with van der Waals surface area (Å²) in [7, 11) is 0.104. The Hall–Kier alpha value is 1.62. The highest BCUT2D eigenvalue weighted by Crippen LogP contribution is 2.35. The smallest absolute Gasteiger partial charge is 0.330 e. The van der Waals surface area contributed by atoms with Crippen molar-refractivity contribution in [2.24, 2.45) is 0 Å². The first-order valence-corrected chi connectivity index (χ1v) is 12.8. The minimum absolute atomic E-state index is 0.104. The zero-order chi connectivity index (χ0) is 16.0. The second-order valence-electron chi connectivity index (χ2n) is 5.27. The molecular formula is C15H27I3O2Si. The molecule has 0 aromatic rings. The molecule has 0 bridgehead atoms. The third-order valence-electron chi connectivity index (χ3n) is 3.27. The number of halogens is 3. The summed E-state index contributed by atoms with van der Waals surface area (Å²) >= 11 is 7.73. The van der Waals surface area contributed by atoms with Crippen molar-refractivity contribution in [3.63, 3.8) is 0 Å². The van der Waals surface area contributed by atoms with Gasteiger partial charge in [0, 0.05) is 6.08 Å². The van der Waals surface area contributed by atoms with Gasteiger partial charge in [-0.15, -0.1) is 0 Å². The Balaban J connectivity index is 3.09. The molecule has 0 saturated heterocycles. The van der Waals surface area contributed by atoms with Crippen LogP contribution in [0.15, 0.2) is 12.7 Å². The van der Waals surface area contributed by atoms with Crippen LogP contribution in [0.25, 0.3) is 0 Å². The summed E-state index contributed by atoms with van der Waals surface area (Å²) in [6.45, 7) is 3.92. The van der Waals surface area contributed by atoms with E-state index in [4.69, 9.17) is 4.74 Å². The van der Waals surface area contributed by atoms with Crippen LogP contribution in [-0.4, -0.2) is 21.2 Å². The molecule has 0 aliphatic rings. The van der Waals surface area contributed by atoms with Gasteiger partial charge in [-0.1, -0.05) is 132 Å². The summed E-state index contributed by atoms with van der Waals surface area (Å²) in [5.74, 6) is -0.303. The van der Waals surface area contributed by atoms with Gasteiger partial charge in [0.15, 0.2) is 0 Å². The van der Waals surface area contributed by atoms with Crippen molar-refractivity contribution in [1.29, 1.82) is 0 Å². The van der Waals surface area contributed by atoms with E-state index in [9.17, 15) is 4.79 Å². The van der Waals surface area contributed by atoms with Crippen molar-refractivity contribution in [2.75, 3.05) is 6.61 Å². The molecule has 0 aliphatic carbocycles. The Labute approximate surface area is 173 Å². The number of ether oxygens (including phenoxy) is 1. The van der Waals surface area contributed by atoms with E-state index in [0.29, 0.717) is 5.67 Å². The van der Waals surface area contributed by atoms with Crippen LogP contribution in [-0.2, 0) is 9.53 Å². The van der Waals surface area contributed by atoms with E-state index in [1.165, 1.54) is 63.5 Å². The number of rotatable bonds is 14. The van der Waals surface area contributed by atoms with Crippen LogP contribution in [0.1, 0.15) is 57.8 Å². The van der Waals surface area contributed by atoms with Crippen LogP contribution in [0.5, 0.6) is 0 Å². The zero-order valence-electron chi connectivity index (χ0n) is 12.7. The number of unbranched alkanes of at least 4 members (excludes halogenated alkanes) is 8. The van der Waals surface area contributed by atoms with Gasteiger partial charge in [0.05, 0.1) is 16.1 Å². The average molecular weight is 648 g/mol. The monoisotopic (exact) mass is 648 g/mol. The van der Waals surface area contributed by atoms with Crippen LogP contribution in [0, 0.1) is 0 Å². The van der Waals surface area contributed by atoms with E-state index in [0.717, 1.165) is 6.42 Å². The minimum Gasteiger partial charge on any atom is -0.463 e. The van der Waals surface area contributed by atoms with Crippen molar-refractivity contribution in [3.05, 3.63) is 12.7 Å². The van der Waals surface area contributed by atoms with Gasteiger partial charge < -0.3 is 4.74 Å². The summed E-state index contributed by atoms with van der Waals surface area (Å²) in [5.41, 5.74) is 0. The minimum atomic E-state index is -0.303. The lowest BCUT2D eigenvalue weighted by molar-refractivity contribution is -0.137. The fraction of sp³-hybridized carbons (Fsp3) is 0.800. The van der Waals surface area contributed by atoms with E-state index in [2.05, 4.69) is 74.4 Å². The molecule has 0 aromatic heterocycles. The van der Waals surface area contributed by atoms with Gasteiger partial charge in [-0.05, 0) is 6.42 Å². The van der Waals surface area contributed by atoms with Crippen molar-refractivity contribution < 1.29 is 9.53 Å². The molecule has 0 amide bonds. The molecule has 124 valence electrons. The average Bonchev–Trinajstić information content (AvgIpc) is 2.42. The third kappa shape index (κ3) is 19.6. The first-order chi connectivity index (χ1) is 9.95. The maximum absolute atomic E-state index is 10.8. The molecule has 0 unspecified atom stereocenters. The molecule has 0 aromatic carbocycles. The molecule has 2 nitrogen and oxygen atoms in total. The Morgan fingerprint density at radius 1 is 0.952 bits per heavy atom. The van der Waals surface area contributed by atoms with Gasteiger partial charge in [0.2, 0.25) is 0 Å². The molecule has 0 saturated carbocycles. The van der Waals surface area contributed by atoms with Crippen LogP contribution >= 0.6 is 67.8 Å². The largest absolute Gasteiger partial charge is 0.463 e. The first kappa shape index (κ1) is 22.6. The summed E-state index contributed by atoms with van der Waals surface area (Å²) in [6.07, 6.45) is 13.0. The first-order valence-electron chi connectivity index (χ1n) is 7.81. The normalized spacial score (nSPS) is 12.0. The summed E-state index contributed by atoms with van der Waals surface area (Å²) < 4.78 is 5.49. The predicted octanol–water partition coefficient (Wildman–Crippen LogP) is 5.73. The Bertz CT molecular complexity index is 281. The van der Waals surface area contributed by atoms with Crippen LogP contribution in [0.4, 0.5) is 0 Å². The molecule has 0 radical (unpaired) electrons. The highest BCUT2D eigenvalue weighted by atomic mass is 127. The van der Waals surface area contributed by atoms with E-state index < -0.39 is 0 Å². The molecule has 0 fully saturated rings. The lowest BCUT2D eigenvalue weighted by atomic mass is 10.1. The number of hydrogen-bond acceptors (Lipinski definition) is 2. The fourth-order valence-electron chi connectivity index (χ4n) is 2.07. The molecule has 0 aliphatic heterocycles. The second kappa shape index (κ2) is 15.2. The zero-order valence-corrected chi connectivity index (χ0v) is 20.6. The van der Waals surface area contributed by atoms with E-state index in [1.54, 1.807) is 0 Å². The number of hydrogen-bond donors (Lipinski definition) is 0. The van der Waals surface area contributed by atoms with Gasteiger partial charge in [0.1, 0.15) is -0.942 Å². The SMILES string of the molecule is C=CC(=O)OCCCCCCCCCCC[SiH2]C(I)(I)I. The van der Waals surface area contributed by atoms with Crippen molar-refractivity contribution in [3.8, 4) is 0 Å². The predicted molar refractivity (Wildman–Crippen MR) is 121 cm³/mol. The Kier molecular flexibility index (Phi) is 16.3. The number of carbonyl (C=O) groups is 1. The molecule has 6 heteroatoms. The standard InChI is InChI=1S/C15H27I3O2Si/c1-2-14(19)20-12-10-8-6-4-3-5-7-9-11-13-21-15(16,17)18/h2H,1,3-13,21H2. The molecule has 0 N–H and O–H groups in total. The van der Waals surface area contributed by atoms with Gasteiger partial charge in [-0.3, -0.25) is 0 Å². The van der Waals surface area contributed by atoms with E-state index >= 15 is 0 Å². The lowest BCUT2D eigenvalue weighted by Gasteiger charge is -2.10. The topological polar surface area (TPSA) is 26.3 Å². The summed E-state index contributed by atoms with van der Waals surface area (Å²) in [6, 6.07) is 1.50. The van der Waals surface area contributed by atoms with Crippen molar-refractivity contribution in [2.45, 2.75) is 62.9 Å². The molecule has 0 rings (SSSR count). The van der Waals surface area contributed by atoms with Crippen LogP contribution in [0.3, 0.4) is 0 Å². The summed E-state index contributed by atoms with van der Waals surface area (Å²) in [4.78, 5) is 10.8. The lowest BCUT2D eigenvalue weighted by Crippen LogP contribution is -2.10. The van der Waals surface area contributed by atoms with Crippen molar-refractivity contribution in [1.82, 2.24) is 0 Å². The maximum atomic E-state index is 10.8. The maximum Gasteiger partial charge on any atom is 0.330 e. The molecular weight excluding hydrogens is 621 g/mol. The van der Waals surface area contributed by atoms with Crippen LogP contribution in [0.2, 0.25) is 6.04 Å². The third-order valence-corrected chi connectivity index (χ3v) is 9.54. The van der Waals surface area contributed by atoms with Gasteiger partial charge in [-0.2, -0.15) is 0 Å². The van der Waals surface area contributed by atoms with E-state index in [1.807, 2.05) is 0 Å². The number of carbonyl (C=O) groups excluding carboxylic acids is 1. The Morgan fingerprint density at radius 2 is 1.43 bits per heavy atom. The highest BCUT2D eigenvalue weighted by molar-refractivity contribution is 14.3. The fourth-order valence-corrected chi connectivity index (χ4v) is 6.51. The Morgan fingerprint density at radius 3 is 1.90 bits per heavy atom. The molecule has 0 spiro atoms. The molecule has 21 heavy (non-hydrogen) atoms. The second-order valence-corrected chi connectivity index (χ2v) is 23.6.